The SMILES string of the molecule is COc1nc(OC2CC(C)OC(C)C2)ncc1Br. The van der Waals surface area contributed by atoms with E-state index in [0.29, 0.717) is 16.4 Å². The first kappa shape index (κ1) is 13.5. The zero-order valence-electron chi connectivity index (χ0n) is 10.7. The second-order valence-corrected chi connectivity index (χ2v) is 5.33. The lowest BCUT2D eigenvalue weighted by molar-refractivity contribution is -0.0739. The number of methoxy groups -OCH3 is 1. The van der Waals surface area contributed by atoms with Crippen LogP contribution in [0.1, 0.15) is 26.7 Å². The number of nitrogens with zero attached hydrogens (tertiary/aromatic N) is 2. The van der Waals surface area contributed by atoms with Gasteiger partial charge in [0.25, 0.3) is 0 Å². The van der Waals surface area contributed by atoms with Crippen LogP contribution >= 0.6 is 15.9 Å². The summed E-state index contributed by atoms with van der Waals surface area (Å²) < 4.78 is 17.3. The van der Waals surface area contributed by atoms with Crippen LogP contribution in [0.2, 0.25) is 0 Å². The van der Waals surface area contributed by atoms with E-state index < -0.39 is 0 Å². The van der Waals surface area contributed by atoms with Gasteiger partial charge in [-0.3, -0.25) is 0 Å². The van der Waals surface area contributed by atoms with E-state index in [2.05, 4.69) is 39.7 Å². The second kappa shape index (κ2) is 5.84. The Bertz CT molecular complexity index is 406. The van der Waals surface area contributed by atoms with Crippen molar-refractivity contribution >= 4 is 15.9 Å². The van der Waals surface area contributed by atoms with Gasteiger partial charge in [-0.25, -0.2) is 4.98 Å². The topological polar surface area (TPSA) is 53.5 Å². The van der Waals surface area contributed by atoms with Gasteiger partial charge >= 0.3 is 6.01 Å². The van der Waals surface area contributed by atoms with Crippen LogP contribution in [0.4, 0.5) is 0 Å². The molecule has 0 aliphatic carbocycles. The Morgan fingerprint density at radius 3 is 2.61 bits per heavy atom. The minimum Gasteiger partial charge on any atom is -0.480 e. The molecule has 0 N–H and O–H groups in total. The maximum atomic E-state index is 5.79. The molecule has 2 atom stereocenters. The maximum absolute atomic E-state index is 5.79. The van der Waals surface area contributed by atoms with Crippen LogP contribution in [-0.2, 0) is 4.74 Å². The third-order valence-electron chi connectivity index (χ3n) is 2.81. The molecule has 1 fully saturated rings. The summed E-state index contributed by atoms with van der Waals surface area (Å²) >= 11 is 3.31. The van der Waals surface area contributed by atoms with Crippen LogP contribution < -0.4 is 9.47 Å². The molecule has 2 heterocycles. The molecule has 1 aromatic rings. The highest BCUT2D eigenvalue weighted by Gasteiger charge is 2.26. The molecule has 1 aliphatic heterocycles. The molecule has 1 aliphatic rings. The Kier molecular flexibility index (Phi) is 4.40. The lowest BCUT2D eigenvalue weighted by Gasteiger charge is -2.31. The van der Waals surface area contributed by atoms with Gasteiger partial charge in [-0.05, 0) is 29.8 Å². The van der Waals surface area contributed by atoms with Gasteiger partial charge in [-0.2, -0.15) is 4.98 Å². The first-order valence-corrected chi connectivity index (χ1v) is 6.76. The summed E-state index contributed by atoms with van der Waals surface area (Å²) in [4.78, 5) is 8.32. The average Bonchev–Trinajstić information content (AvgIpc) is 2.30. The van der Waals surface area contributed by atoms with Crippen LogP contribution in [0.3, 0.4) is 0 Å². The third-order valence-corrected chi connectivity index (χ3v) is 3.35. The summed E-state index contributed by atoms with van der Waals surface area (Å²) in [7, 11) is 1.56. The fourth-order valence-electron chi connectivity index (χ4n) is 2.13. The summed E-state index contributed by atoms with van der Waals surface area (Å²) in [5.74, 6) is 0.480. The van der Waals surface area contributed by atoms with Crippen LogP contribution in [0, 0.1) is 0 Å². The van der Waals surface area contributed by atoms with Crippen molar-refractivity contribution in [2.24, 2.45) is 0 Å². The lowest BCUT2D eigenvalue weighted by Crippen LogP contribution is -2.36. The van der Waals surface area contributed by atoms with Crippen molar-refractivity contribution in [1.82, 2.24) is 9.97 Å². The molecule has 0 radical (unpaired) electrons. The van der Waals surface area contributed by atoms with Crippen molar-refractivity contribution in [3.05, 3.63) is 10.7 Å². The third kappa shape index (κ3) is 3.32. The fourth-order valence-corrected chi connectivity index (χ4v) is 2.48. The minimum absolute atomic E-state index is 0.0923. The standard InChI is InChI=1S/C12H17BrN2O3/c1-7-4-9(5-8(2)17-7)18-12-14-6-10(13)11(15-12)16-3/h6-9H,4-5H2,1-3H3. The van der Waals surface area contributed by atoms with Crippen LogP contribution in [-0.4, -0.2) is 35.4 Å². The van der Waals surface area contributed by atoms with Crippen molar-refractivity contribution in [1.29, 1.82) is 0 Å². The second-order valence-electron chi connectivity index (χ2n) is 4.48. The predicted octanol–water partition coefficient (Wildman–Crippen LogP) is 2.58. The normalized spacial score (nSPS) is 27.9. The molecule has 18 heavy (non-hydrogen) atoms. The molecule has 6 heteroatoms. The zero-order chi connectivity index (χ0) is 13.1. The Labute approximate surface area is 115 Å². The monoisotopic (exact) mass is 316 g/mol. The predicted molar refractivity (Wildman–Crippen MR) is 69.9 cm³/mol. The van der Waals surface area contributed by atoms with Crippen molar-refractivity contribution in [3.63, 3.8) is 0 Å². The Balaban J connectivity index is 2.04. The summed E-state index contributed by atoms with van der Waals surface area (Å²) in [5, 5.41) is 0. The summed E-state index contributed by atoms with van der Waals surface area (Å²) in [5.41, 5.74) is 0. The number of ether oxygens (including phenoxy) is 3. The first-order valence-electron chi connectivity index (χ1n) is 5.97. The van der Waals surface area contributed by atoms with Gasteiger partial charge in [0.15, 0.2) is 0 Å². The van der Waals surface area contributed by atoms with Gasteiger partial charge in [-0.1, -0.05) is 0 Å². The number of halogens is 1. The molecule has 0 amide bonds. The van der Waals surface area contributed by atoms with Crippen LogP contribution in [0.15, 0.2) is 10.7 Å². The number of hydrogen-bond donors (Lipinski definition) is 0. The number of rotatable bonds is 3. The van der Waals surface area contributed by atoms with Gasteiger partial charge in [-0.15, -0.1) is 0 Å². The minimum atomic E-state index is 0.0923. The number of aromatic nitrogens is 2. The van der Waals surface area contributed by atoms with Crippen molar-refractivity contribution in [2.75, 3.05) is 7.11 Å². The molecule has 5 nitrogen and oxygen atoms in total. The molecule has 2 rings (SSSR count). The van der Waals surface area contributed by atoms with E-state index in [1.807, 2.05) is 0 Å². The molecule has 100 valence electrons. The number of hydrogen-bond acceptors (Lipinski definition) is 5. The average molecular weight is 317 g/mol. The van der Waals surface area contributed by atoms with E-state index in [-0.39, 0.29) is 18.3 Å². The van der Waals surface area contributed by atoms with E-state index >= 15 is 0 Å². The first-order chi connectivity index (χ1) is 8.58. The van der Waals surface area contributed by atoms with Gasteiger partial charge in [0.1, 0.15) is 6.10 Å². The van der Waals surface area contributed by atoms with Crippen molar-refractivity contribution < 1.29 is 14.2 Å². The highest BCUT2D eigenvalue weighted by atomic mass is 79.9. The van der Waals surface area contributed by atoms with E-state index in [4.69, 9.17) is 14.2 Å². The Hall–Kier alpha value is -0.880. The zero-order valence-corrected chi connectivity index (χ0v) is 12.3. The summed E-state index contributed by atoms with van der Waals surface area (Å²) in [6.45, 7) is 4.10. The van der Waals surface area contributed by atoms with E-state index in [9.17, 15) is 0 Å². The highest BCUT2D eigenvalue weighted by Crippen LogP contribution is 2.26. The van der Waals surface area contributed by atoms with Crippen LogP contribution in [0.25, 0.3) is 0 Å². The Morgan fingerprint density at radius 1 is 1.33 bits per heavy atom. The van der Waals surface area contributed by atoms with Gasteiger partial charge in [0, 0.05) is 12.8 Å². The van der Waals surface area contributed by atoms with Gasteiger partial charge in [0.2, 0.25) is 5.88 Å². The van der Waals surface area contributed by atoms with E-state index in [1.54, 1.807) is 13.3 Å². The van der Waals surface area contributed by atoms with Crippen molar-refractivity contribution in [3.8, 4) is 11.9 Å². The molecule has 2 unspecified atom stereocenters. The van der Waals surface area contributed by atoms with Crippen LogP contribution in [0.5, 0.6) is 11.9 Å². The summed E-state index contributed by atoms with van der Waals surface area (Å²) in [6.07, 6.45) is 3.84. The molecule has 1 aromatic heterocycles. The maximum Gasteiger partial charge on any atom is 0.320 e. The smallest absolute Gasteiger partial charge is 0.320 e. The molecular weight excluding hydrogens is 300 g/mol. The largest absolute Gasteiger partial charge is 0.480 e. The molecular formula is C12H17BrN2O3. The quantitative estimate of drug-likeness (QED) is 0.858. The molecule has 0 aromatic carbocycles. The van der Waals surface area contributed by atoms with Gasteiger partial charge in [0.05, 0.1) is 30.0 Å². The Morgan fingerprint density at radius 2 is 2.00 bits per heavy atom. The highest BCUT2D eigenvalue weighted by molar-refractivity contribution is 9.10. The van der Waals surface area contributed by atoms with E-state index in [0.717, 1.165) is 12.8 Å². The summed E-state index contributed by atoms with van der Waals surface area (Å²) in [6, 6.07) is 0.348. The lowest BCUT2D eigenvalue weighted by atomic mass is 10.0. The molecule has 0 saturated carbocycles. The molecule has 1 saturated heterocycles. The fraction of sp³-hybridized carbons (Fsp3) is 0.667. The van der Waals surface area contributed by atoms with Gasteiger partial charge < -0.3 is 14.2 Å². The van der Waals surface area contributed by atoms with Crippen molar-refractivity contribution in [2.45, 2.75) is 45.0 Å². The van der Waals surface area contributed by atoms with E-state index in [1.165, 1.54) is 0 Å². The molecule has 0 spiro atoms. The molecule has 0 bridgehead atoms.